The van der Waals surface area contributed by atoms with Gasteiger partial charge in [0.1, 0.15) is 0 Å². The monoisotopic (exact) mass is 418 g/mol. The Kier molecular flexibility index (Phi) is 6.37. The van der Waals surface area contributed by atoms with Crippen LogP contribution in [0.15, 0.2) is 53.3 Å². The SMILES string of the molecule is Cc1cc2cc(CN(CCN3CCCC3)C(=O)Nc3ccccc3)c(=O)[nH]c2cc1C. The minimum absolute atomic E-state index is 0.144. The number of aromatic nitrogens is 1. The standard InChI is InChI=1S/C25H30N4O2/c1-18-14-20-16-21(24(30)27-23(20)15-19(18)2)17-29(13-12-28-10-6-7-11-28)25(31)26-22-8-4-3-5-9-22/h3-5,8-9,14-16H,6-7,10-13,17H2,1-2H3,(H,26,31)(H,27,30). The molecule has 1 aliphatic rings. The quantitative estimate of drug-likeness (QED) is 0.628. The van der Waals surface area contributed by atoms with E-state index in [4.69, 9.17) is 0 Å². The molecule has 162 valence electrons. The lowest BCUT2D eigenvalue weighted by molar-refractivity contribution is 0.197. The molecule has 1 fully saturated rings. The number of rotatable bonds is 6. The van der Waals surface area contributed by atoms with E-state index >= 15 is 0 Å². The van der Waals surface area contributed by atoms with Crippen LogP contribution in [0.5, 0.6) is 0 Å². The van der Waals surface area contributed by atoms with Crippen LogP contribution in [-0.2, 0) is 6.54 Å². The molecule has 0 atom stereocenters. The van der Waals surface area contributed by atoms with E-state index in [0.717, 1.165) is 41.8 Å². The van der Waals surface area contributed by atoms with Gasteiger partial charge in [-0.25, -0.2) is 4.79 Å². The van der Waals surface area contributed by atoms with E-state index in [0.29, 0.717) is 12.1 Å². The van der Waals surface area contributed by atoms with Gasteiger partial charge in [0.15, 0.2) is 0 Å². The zero-order chi connectivity index (χ0) is 21.8. The van der Waals surface area contributed by atoms with Crippen LogP contribution in [0.2, 0.25) is 0 Å². The number of likely N-dealkylation sites (tertiary alicyclic amines) is 1. The third-order valence-corrected chi connectivity index (χ3v) is 6.09. The number of pyridine rings is 1. The number of aromatic amines is 1. The van der Waals surface area contributed by atoms with Crippen molar-refractivity contribution in [2.24, 2.45) is 0 Å². The number of benzene rings is 2. The highest BCUT2D eigenvalue weighted by Gasteiger charge is 2.19. The lowest BCUT2D eigenvalue weighted by atomic mass is 10.0. The summed E-state index contributed by atoms with van der Waals surface area (Å²) in [7, 11) is 0. The average molecular weight is 419 g/mol. The fourth-order valence-corrected chi connectivity index (χ4v) is 4.09. The zero-order valence-corrected chi connectivity index (χ0v) is 18.3. The molecule has 2 aromatic carbocycles. The highest BCUT2D eigenvalue weighted by molar-refractivity contribution is 5.89. The molecule has 0 unspecified atom stereocenters. The lowest BCUT2D eigenvalue weighted by Gasteiger charge is -2.26. The van der Waals surface area contributed by atoms with Crippen molar-refractivity contribution >= 4 is 22.6 Å². The number of urea groups is 1. The number of aryl methyl sites for hydroxylation is 2. The third-order valence-electron chi connectivity index (χ3n) is 6.09. The number of amides is 2. The summed E-state index contributed by atoms with van der Waals surface area (Å²) in [4.78, 5) is 33.0. The first kappa shape index (κ1) is 21.1. The highest BCUT2D eigenvalue weighted by atomic mass is 16.2. The Hall–Kier alpha value is -3.12. The number of H-pyrrole nitrogens is 1. The maximum Gasteiger partial charge on any atom is 0.322 e. The van der Waals surface area contributed by atoms with Gasteiger partial charge in [-0.05, 0) is 86.6 Å². The summed E-state index contributed by atoms with van der Waals surface area (Å²) >= 11 is 0. The summed E-state index contributed by atoms with van der Waals surface area (Å²) in [6, 6.07) is 15.2. The van der Waals surface area contributed by atoms with E-state index in [2.05, 4.69) is 28.2 Å². The predicted molar refractivity (Wildman–Crippen MR) is 126 cm³/mol. The summed E-state index contributed by atoms with van der Waals surface area (Å²) in [5.74, 6) is 0. The molecule has 6 nitrogen and oxygen atoms in total. The van der Waals surface area contributed by atoms with E-state index in [1.165, 1.54) is 18.4 Å². The van der Waals surface area contributed by atoms with Crippen molar-refractivity contribution in [1.29, 1.82) is 0 Å². The number of hydrogen-bond acceptors (Lipinski definition) is 3. The molecule has 2 N–H and O–H groups in total. The van der Waals surface area contributed by atoms with Crippen LogP contribution in [0, 0.1) is 13.8 Å². The van der Waals surface area contributed by atoms with E-state index in [-0.39, 0.29) is 18.1 Å². The Morgan fingerprint density at radius 3 is 2.52 bits per heavy atom. The molecule has 0 saturated carbocycles. The summed E-state index contributed by atoms with van der Waals surface area (Å²) in [6.07, 6.45) is 2.42. The van der Waals surface area contributed by atoms with E-state index in [1.807, 2.05) is 49.4 Å². The van der Waals surface area contributed by atoms with Gasteiger partial charge in [0.2, 0.25) is 0 Å². The number of anilines is 1. The summed E-state index contributed by atoms with van der Waals surface area (Å²) in [6.45, 7) is 7.90. The molecule has 0 bridgehead atoms. The van der Waals surface area contributed by atoms with Gasteiger partial charge >= 0.3 is 6.03 Å². The minimum atomic E-state index is -0.190. The van der Waals surface area contributed by atoms with Crippen molar-refractivity contribution in [3.05, 3.63) is 75.6 Å². The molecule has 2 heterocycles. The van der Waals surface area contributed by atoms with Crippen LogP contribution in [0.3, 0.4) is 0 Å². The number of carbonyl (C=O) groups excluding carboxylic acids is 1. The number of carbonyl (C=O) groups is 1. The van der Waals surface area contributed by atoms with Gasteiger partial charge in [-0.15, -0.1) is 0 Å². The normalized spacial score (nSPS) is 14.1. The molecule has 3 aromatic rings. The fourth-order valence-electron chi connectivity index (χ4n) is 4.09. The van der Waals surface area contributed by atoms with Gasteiger partial charge in [-0.2, -0.15) is 0 Å². The Morgan fingerprint density at radius 1 is 1.06 bits per heavy atom. The van der Waals surface area contributed by atoms with Gasteiger partial charge in [0, 0.05) is 29.9 Å². The second-order valence-corrected chi connectivity index (χ2v) is 8.41. The number of nitrogens with zero attached hydrogens (tertiary/aromatic N) is 2. The number of para-hydroxylation sites is 1. The molecule has 6 heteroatoms. The van der Waals surface area contributed by atoms with Crippen molar-refractivity contribution in [3.63, 3.8) is 0 Å². The second-order valence-electron chi connectivity index (χ2n) is 8.41. The first-order valence-electron chi connectivity index (χ1n) is 11.0. The first-order valence-corrected chi connectivity index (χ1v) is 11.0. The van der Waals surface area contributed by atoms with Crippen LogP contribution in [-0.4, -0.2) is 47.0 Å². The van der Waals surface area contributed by atoms with Gasteiger partial charge < -0.3 is 20.1 Å². The molecule has 31 heavy (non-hydrogen) atoms. The van der Waals surface area contributed by atoms with E-state index < -0.39 is 0 Å². The Bertz CT molecular complexity index is 1120. The first-order chi connectivity index (χ1) is 15.0. The van der Waals surface area contributed by atoms with Crippen molar-refractivity contribution in [2.75, 3.05) is 31.5 Å². The molecule has 2 amide bonds. The predicted octanol–water partition coefficient (Wildman–Crippen LogP) is 4.27. The minimum Gasteiger partial charge on any atom is -0.322 e. The smallest absolute Gasteiger partial charge is 0.322 e. The Labute approximate surface area is 182 Å². The molecular formula is C25H30N4O2. The molecule has 0 aliphatic carbocycles. The fraction of sp³-hybridized carbons (Fsp3) is 0.360. The maximum atomic E-state index is 13.1. The van der Waals surface area contributed by atoms with Crippen molar-refractivity contribution in [2.45, 2.75) is 33.2 Å². The lowest BCUT2D eigenvalue weighted by Crippen LogP contribution is -2.41. The number of fused-ring (bicyclic) bond motifs is 1. The van der Waals surface area contributed by atoms with Crippen LogP contribution in [0.4, 0.5) is 10.5 Å². The molecule has 0 spiro atoms. The third kappa shape index (κ3) is 5.14. The van der Waals surface area contributed by atoms with Gasteiger partial charge in [0.05, 0.1) is 6.54 Å². The molecule has 4 rings (SSSR count). The van der Waals surface area contributed by atoms with Crippen molar-refractivity contribution in [1.82, 2.24) is 14.8 Å². The molecule has 0 radical (unpaired) electrons. The summed E-state index contributed by atoms with van der Waals surface area (Å²) in [5, 5.41) is 3.95. The molecule has 1 saturated heterocycles. The van der Waals surface area contributed by atoms with Crippen molar-refractivity contribution in [3.8, 4) is 0 Å². The highest BCUT2D eigenvalue weighted by Crippen LogP contribution is 2.18. The van der Waals surface area contributed by atoms with Gasteiger partial charge in [-0.1, -0.05) is 18.2 Å². The van der Waals surface area contributed by atoms with Crippen LogP contribution in [0.1, 0.15) is 29.5 Å². The Balaban J connectivity index is 1.58. The summed E-state index contributed by atoms with van der Waals surface area (Å²) in [5.41, 5.74) is 4.35. The summed E-state index contributed by atoms with van der Waals surface area (Å²) < 4.78 is 0. The average Bonchev–Trinajstić information content (AvgIpc) is 3.27. The van der Waals surface area contributed by atoms with Crippen LogP contribution < -0.4 is 10.9 Å². The second kappa shape index (κ2) is 9.35. The molecule has 1 aromatic heterocycles. The van der Waals surface area contributed by atoms with Crippen molar-refractivity contribution < 1.29 is 4.79 Å². The van der Waals surface area contributed by atoms with E-state index in [9.17, 15) is 9.59 Å². The number of nitrogens with one attached hydrogen (secondary N) is 2. The van der Waals surface area contributed by atoms with Gasteiger partial charge in [0.25, 0.3) is 5.56 Å². The molecule has 1 aliphatic heterocycles. The van der Waals surface area contributed by atoms with Gasteiger partial charge in [-0.3, -0.25) is 4.79 Å². The van der Waals surface area contributed by atoms with Crippen LogP contribution >= 0.6 is 0 Å². The zero-order valence-electron chi connectivity index (χ0n) is 18.3. The Morgan fingerprint density at radius 2 is 1.77 bits per heavy atom. The van der Waals surface area contributed by atoms with E-state index in [1.54, 1.807) is 4.90 Å². The number of hydrogen-bond donors (Lipinski definition) is 2. The van der Waals surface area contributed by atoms with Crippen LogP contribution in [0.25, 0.3) is 10.9 Å². The largest absolute Gasteiger partial charge is 0.322 e. The maximum absolute atomic E-state index is 13.1. The topological polar surface area (TPSA) is 68.4 Å². The molecular weight excluding hydrogens is 388 g/mol.